The molecule has 2 amide bonds. The molecule has 0 unspecified atom stereocenters. The first-order valence-electron chi connectivity index (χ1n) is 12.9. The summed E-state index contributed by atoms with van der Waals surface area (Å²) in [6.07, 6.45) is 3.64. The summed E-state index contributed by atoms with van der Waals surface area (Å²) in [5.74, 6) is 0.641. The Labute approximate surface area is 221 Å². The molecule has 3 aliphatic heterocycles. The predicted octanol–water partition coefficient (Wildman–Crippen LogP) is 4.12. The number of methoxy groups -OCH3 is 1. The van der Waals surface area contributed by atoms with E-state index in [1.807, 2.05) is 30.9 Å². The molecule has 0 N–H and O–H groups in total. The fraction of sp³-hybridized carbons (Fsp3) is 0.379. The van der Waals surface area contributed by atoms with Gasteiger partial charge in [0.2, 0.25) is 11.8 Å². The summed E-state index contributed by atoms with van der Waals surface area (Å²) in [5, 5.41) is 0. The standard InChI is InChI=1S/C29H30FN5O3/c1-29(2)17-34(23-7-6-19(30)15-21(23)29)28(37)18-13-25(32-26(14-18)38-3)33-11-8-20(9-12-33)35-24-5-4-10-31-22(24)16-27(35)36/h4-7,10,13-15,20H,8-9,11-12,16-17H2,1-3H3. The highest BCUT2D eigenvalue weighted by atomic mass is 19.1. The van der Waals surface area contributed by atoms with Crippen LogP contribution in [0, 0.1) is 5.82 Å². The second kappa shape index (κ2) is 9.08. The summed E-state index contributed by atoms with van der Waals surface area (Å²) < 4.78 is 19.4. The first-order chi connectivity index (χ1) is 18.2. The molecule has 0 aliphatic carbocycles. The number of carbonyl (C=O) groups excluding carboxylic acids is 2. The van der Waals surface area contributed by atoms with Gasteiger partial charge in [0.15, 0.2) is 0 Å². The number of halogens is 1. The summed E-state index contributed by atoms with van der Waals surface area (Å²) in [6.45, 7) is 5.87. The van der Waals surface area contributed by atoms with Crippen molar-refractivity contribution in [1.82, 2.24) is 9.97 Å². The van der Waals surface area contributed by atoms with E-state index in [1.165, 1.54) is 19.2 Å². The highest BCUT2D eigenvalue weighted by Crippen LogP contribution is 2.42. The molecule has 0 saturated carbocycles. The number of carbonyl (C=O) groups is 2. The minimum Gasteiger partial charge on any atom is -0.481 e. The first-order valence-corrected chi connectivity index (χ1v) is 12.9. The van der Waals surface area contributed by atoms with E-state index in [0.717, 1.165) is 35.5 Å². The molecule has 1 saturated heterocycles. The van der Waals surface area contributed by atoms with Crippen molar-refractivity contribution >= 4 is 29.0 Å². The lowest BCUT2D eigenvalue weighted by molar-refractivity contribution is -0.117. The van der Waals surface area contributed by atoms with Gasteiger partial charge in [-0.2, -0.15) is 4.98 Å². The highest BCUT2D eigenvalue weighted by molar-refractivity contribution is 6.08. The lowest BCUT2D eigenvalue weighted by atomic mass is 9.87. The Morgan fingerprint density at radius 2 is 1.89 bits per heavy atom. The van der Waals surface area contributed by atoms with Crippen LogP contribution in [0.1, 0.15) is 48.3 Å². The van der Waals surface area contributed by atoms with Crippen molar-refractivity contribution in [3.05, 3.63) is 71.3 Å². The van der Waals surface area contributed by atoms with E-state index in [-0.39, 0.29) is 29.1 Å². The monoisotopic (exact) mass is 515 g/mol. The number of ether oxygens (including phenoxy) is 1. The molecule has 5 heterocycles. The number of nitrogens with zero attached hydrogens (tertiary/aromatic N) is 5. The van der Waals surface area contributed by atoms with Crippen molar-refractivity contribution < 1.29 is 18.7 Å². The van der Waals surface area contributed by atoms with Crippen LogP contribution < -0.4 is 19.4 Å². The van der Waals surface area contributed by atoms with E-state index in [1.54, 1.807) is 29.3 Å². The van der Waals surface area contributed by atoms with Gasteiger partial charge in [0, 0.05) is 54.6 Å². The number of piperidine rings is 1. The summed E-state index contributed by atoms with van der Waals surface area (Å²) >= 11 is 0. The quantitative estimate of drug-likeness (QED) is 0.520. The maximum absolute atomic E-state index is 14.0. The molecule has 3 aliphatic rings. The number of hydrogen-bond acceptors (Lipinski definition) is 6. The van der Waals surface area contributed by atoms with E-state index in [0.29, 0.717) is 43.3 Å². The number of rotatable bonds is 4. The number of benzene rings is 1. The molecule has 1 aromatic carbocycles. The van der Waals surface area contributed by atoms with E-state index in [2.05, 4.69) is 14.9 Å². The van der Waals surface area contributed by atoms with Gasteiger partial charge in [-0.3, -0.25) is 14.6 Å². The normalized spacial score (nSPS) is 18.5. The average molecular weight is 516 g/mol. The Balaban J connectivity index is 1.23. The minimum absolute atomic E-state index is 0.0956. The topological polar surface area (TPSA) is 78.9 Å². The van der Waals surface area contributed by atoms with E-state index in [4.69, 9.17) is 4.74 Å². The summed E-state index contributed by atoms with van der Waals surface area (Å²) in [5.41, 5.74) is 3.41. The van der Waals surface area contributed by atoms with Crippen LogP contribution in [0.15, 0.2) is 48.7 Å². The number of fused-ring (bicyclic) bond motifs is 2. The van der Waals surface area contributed by atoms with Gasteiger partial charge in [-0.15, -0.1) is 0 Å². The maximum Gasteiger partial charge on any atom is 0.258 e. The molecular weight excluding hydrogens is 485 g/mol. The molecule has 1 fully saturated rings. The lowest BCUT2D eigenvalue weighted by Crippen LogP contribution is -2.46. The SMILES string of the molecule is COc1cc(C(=O)N2CC(C)(C)c3cc(F)ccc32)cc(N2CCC(N3C(=O)Cc4ncccc43)CC2)n1. The van der Waals surface area contributed by atoms with Crippen LogP contribution in [0.3, 0.4) is 0 Å². The second-order valence-corrected chi connectivity index (χ2v) is 10.8. The largest absolute Gasteiger partial charge is 0.481 e. The lowest BCUT2D eigenvalue weighted by Gasteiger charge is -2.37. The third-order valence-corrected chi connectivity index (χ3v) is 7.89. The van der Waals surface area contributed by atoms with Gasteiger partial charge in [-0.25, -0.2) is 4.39 Å². The molecule has 8 nitrogen and oxygen atoms in total. The molecule has 0 radical (unpaired) electrons. The van der Waals surface area contributed by atoms with Crippen molar-refractivity contribution in [3.8, 4) is 5.88 Å². The van der Waals surface area contributed by atoms with Crippen molar-refractivity contribution in [3.63, 3.8) is 0 Å². The van der Waals surface area contributed by atoms with Gasteiger partial charge in [-0.1, -0.05) is 13.8 Å². The van der Waals surface area contributed by atoms with Gasteiger partial charge in [0.1, 0.15) is 11.6 Å². The predicted molar refractivity (Wildman–Crippen MR) is 143 cm³/mol. The highest BCUT2D eigenvalue weighted by Gasteiger charge is 2.39. The van der Waals surface area contributed by atoms with Crippen LogP contribution in [0.4, 0.5) is 21.6 Å². The van der Waals surface area contributed by atoms with Gasteiger partial charge in [0.05, 0.1) is 24.9 Å². The number of hydrogen-bond donors (Lipinski definition) is 0. The van der Waals surface area contributed by atoms with E-state index < -0.39 is 0 Å². The number of aromatic nitrogens is 2. The molecular formula is C29H30FN5O3. The first kappa shape index (κ1) is 24.3. The Bertz CT molecular complexity index is 1430. The molecule has 2 aromatic heterocycles. The molecule has 3 aromatic rings. The molecule has 0 bridgehead atoms. The van der Waals surface area contributed by atoms with Gasteiger partial charge >= 0.3 is 0 Å². The van der Waals surface area contributed by atoms with Crippen LogP contribution in [0.2, 0.25) is 0 Å². The van der Waals surface area contributed by atoms with Gasteiger partial charge in [-0.05, 0) is 54.8 Å². The van der Waals surface area contributed by atoms with E-state index in [9.17, 15) is 14.0 Å². The number of anilines is 3. The molecule has 0 spiro atoms. The number of pyridine rings is 2. The molecule has 0 atom stereocenters. The fourth-order valence-electron chi connectivity index (χ4n) is 5.97. The summed E-state index contributed by atoms with van der Waals surface area (Å²) in [7, 11) is 1.54. The zero-order valence-corrected chi connectivity index (χ0v) is 21.8. The summed E-state index contributed by atoms with van der Waals surface area (Å²) in [6, 6.07) is 12.0. The zero-order valence-electron chi connectivity index (χ0n) is 21.8. The van der Waals surface area contributed by atoms with Crippen LogP contribution in [-0.4, -0.2) is 54.6 Å². The number of amides is 2. The Morgan fingerprint density at radius 3 is 2.66 bits per heavy atom. The third kappa shape index (κ3) is 4.06. The van der Waals surface area contributed by atoms with Crippen molar-refractivity contribution in [2.24, 2.45) is 0 Å². The van der Waals surface area contributed by atoms with E-state index >= 15 is 0 Å². The van der Waals surface area contributed by atoms with Crippen molar-refractivity contribution in [1.29, 1.82) is 0 Å². The minimum atomic E-state index is -0.365. The Kier molecular flexibility index (Phi) is 5.81. The maximum atomic E-state index is 14.0. The van der Waals surface area contributed by atoms with Gasteiger partial charge < -0.3 is 19.4 Å². The van der Waals surface area contributed by atoms with Crippen LogP contribution in [0.5, 0.6) is 5.88 Å². The smallest absolute Gasteiger partial charge is 0.258 e. The second-order valence-electron chi connectivity index (χ2n) is 10.8. The summed E-state index contributed by atoms with van der Waals surface area (Å²) in [4.78, 5) is 41.2. The van der Waals surface area contributed by atoms with Crippen molar-refractivity contribution in [2.75, 3.05) is 41.4 Å². The van der Waals surface area contributed by atoms with Gasteiger partial charge in [0.25, 0.3) is 5.91 Å². The third-order valence-electron chi connectivity index (χ3n) is 7.89. The molecule has 6 rings (SSSR count). The zero-order chi connectivity index (χ0) is 26.6. The van der Waals surface area contributed by atoms with Crippen molar-refractivity contribution in [2.45, 2.75) is 44.6 Å². The van der Waals surface area contributed by atoms with Crippen LogP contribution in [0.25, 0.3) is 0 Å². The fourth-order valence-corrected chi connectivity index (χ4v) is 5.97. The van der Waals surface area contributed by atoms with Crippen LogP contribution in [-0.2, 0) is 16.6 Å². The molecule has 38 heavy (non-hydrogen) atoms. The Hall–Kier alpha value is -4.01. The molecule has 9 heteroatoms. The average Bonchev–Trinajstić information content (AvgIpc) is 3.40. The Morgan fingerprint density at radius 1 is 1.11 bits per heavy atom. The molecule has 196 valence electrons. The van der Waals surface area contributed by atoms with Crippen LogP contribution >= 0.6 is 0 Å².